The average Bonchev–Trinajstić information content (AvgIpc) is 2.73. The van der Waals surface area contributed by atoms with Crippen molar-refractivity contribution in [3.63, 3.8) is 0 Å². The van der Waals surface area contributed by atoms with Crippen molar-refractivity contribution in [2.24, 2.45) is 0 Å². The minimum atomic E-state index is -0.0461. The molecule has 0 saturated heterocycles. The van der Waals surface area contributed by atoms with Gasteiger partial charge in [0.15, 0.2) is 0 Å². The van der Waals surface area contributed by atoms with Crippen molar-refractivity contribution in [2.75, 3.05) is 6.54 Å². The predicted octanol–water partition coefficient (Wildman–Crippen LogP) is 3.39. The van der Waals surface area contributed by atoms with Gasteiger partial charge in [-0.25, -0.2) is 0 Å². The second-order valence-electron chi connectivity index (χ2n) is 5.24. The third-order valence-corrected chi connectivity index (χ3v) is 3.96. The number of aryl methyl sites for hydroxylation is 4. The summed E-state index contributed by atoms with van der Waals surface area (Å²) in [6, 6.07) is 7.79. The number of aromatic nitrogens is 2. The van der Waals surface area contributed by atoms with Crippen LogP contribution < -0.4 is 5.32 Å². The van der Waals surface area contributed by atoms with Gasteiger partial charge in [0.2, 0.25) is 0 Å². The molecule has 21 heavy (non-hydrogen) atoms. The van der Waals surface area contributed by atoms with E-state index in [-0.39, 0.29) is 5.91 Å². The van der Waals surface area contributed by atoms with Crippen LogP contribution in [0.15, 0.2) is 28.7 Å². The smallest absolute Gasteiger partial charge is 0.252 e. The van der Waals surface area contributed by atoms with Crippen molar-refractivity contribution >= 4 is 21.8 Å². The molecule has 0 aliphatic heterocycles. The van der Waals surface area contributed by atoms with E-state index in [0.29, 0.717) is 12.1 Å². The Morgan fingerprint density at radius 1 is 1.29 bits per heavy atom. The first-order valence-electron chi connectivity index (χ1n) is 7.03. The van der Waals surface area contributed by atoms with Crippen LogP contribution in [0.25, 0.3) is 0 Å². The molecule has 0 atom stereocenters. The first-order valence-corrected chi connectivity index (χ1v) is 7.82. The predicted molar refractivity (Wildman–Crippen MR) is 87.5 cm³/mol. The molecule has 1 aromatic carbocycles. The number of halogens is 1. The van der Waals surface area contributed by atoms with E-state index in [1.165, 1.54) is 0 Å². The maximum absolute atomic E-state index is 12.1. The summed E-state index contributed by atoms with van der Waals surface area (Å²) in [6.45, 7) is 7.48. The van der Waals surface area contributed by atoms with Gasteiger partial charge in [-0.15, -0.1) is 0 Å². The Hall–Kier alpha value is -1.62. The first-order chi connectivity index (χ1) is 9.97. The standard InChI is InChI=1S/C16H20BrN3O/c1-11-5-6-14(15(17)9-11)16(21)18-7-4-8-20-13(3)10-12(2)19-20/h5-6,9-10H,4,7-8H2,1-3H3,(H,18,21). The summed E-state index contributed by atoms with van der Waals surface area (Å²) in [5.41, 5.74) is 3.98. The van der Waals surface area contributed by atoms with E-state index in [1.54, 1.807) is 0 Å². The molecule has 1 N–H and O–H groups in total. The summed E-state index contributed by atoms with van der Waals surface area (Å²) in [5.74, 6) is -0.0461. The molecule has 0 radical (unpaired) electrons. The van der Waals surface area contributed by atoms with Crippen LogP contribution in [0.2, 0.25) is 0 Å². The maximum Gasteiger partial charge on any atom is 0.252 e. The summed E-state index contributed by atoms with van der Waals surface area (Å²) in [5, 5.41) is 7.35. The lowest BCUT2D eigenvalue weighted by molar-refractivity contribution is 0.0952. The number of hydrogen-bond acceptors (Lipinski definition) is 2. The van der Waals surface area contributed by atoms with Gasteiger partial charge in [-0.1, -0.05) is 6.07 Å². The lowest BCUT2D eigenvalue weighted by Gasteiger charge is -2.08. The Morgan fingerprint density at radius 2 is 2.05 bits per heavy atom. The number of benzene rings is 1. The van der Waals surface area contributed by atoms with Crippen LogP contribution >= 0.6 is 15.9 Å². The van der Waals surface area contributed by atoms with Crippen LogP contribution in [-0.2, 0) is 6.54 Å². The molecule has 0 spiro atoms. The lowest BCUT2D eigenvalue weighted by atomic mass is 10.1. The molecule has 0 bridgehead atoms. The van der Waals surface area contributed by atoms with Gasteiger partial charge >= 0.3 is 0 Å². The summed E-state index contributed by atoms with van der Waals surface area (Å²) in [7, 11) is 0. The molecule has 4 nitrogen and oxygen atoms in total. The summed E-state index contributed by atoms with van der Waals surface area (Å²) in [4.78, 5) is 12.1. The van der Waals surface area contributed by atoms with E-state index in [1.807, 2.05) is 43.7 Å². The van der Waals surface area contributed by atoms with Crippen LogP contribution in [0.4, 0.5) is 0 Å². The van der Waals surface area contributed by atoms with Gasteiger partial charge in [0, 0.05) is 23.3 Å². The van der Waals surface area contributed by atoms with Crippen LogP contribution in [0.1, 0.15) is 33.7 Å². The monoisotopic (exact) mass is 349 g/mol. The molecule has 1 aromatic heterocycles. The van der Waals surface area contributed by atoms with Crippen LogP contribution in [-0.4, -0.2) is 22.2 Å². The second-order valence-corrected chi connectivity index (χ2v) is 6.10. The topological polar surface area (TPSA) is 46.9 Å². The number of carbonyl (C=O) groups excluding carboxylic acids is 1. The highest BCUT2D eigenvalue weighted by Crippen LogP contribution is 2.18. The first kappa shape index (κ1) is 15.8. The zero-order valence-electron chi connectivity index (χ0n) is 12.6. The Kier molecular flexibility index (Phi) is 5.17. The molecule has 1 heterocycles. The highest BCUT2D eigenvalue weighted by Gasteiger charge is 2.09. The number of nitrogens with one attached hydrogen (secondary N) is 1. The Bertz CT molecular complexity index is 649. The van der Waals surface area contributed by atoms with Crippen molar-refractivity contribution in [3.05, 3.63) is 51.3 Å². The van der Waals surface area contributed by atoms with Crippen LogP contribution in [0.3, 0.4) is 0 Å². The normalized spacial score (nSPS) is 10.7. The largest absolute Gasteiger partial charge is 0.352 e. The van der Waals surface area contributed by atoms with Crippen molar-refractivity contribution in [1.29, 1.82) is 0 Å². The van der Waals surface area contributed by atoms with E-state index in [0.717, 1.165) is 34.4 Å². The molecule has 2 aromatic rings. The van der Waals surface area contributed by atoms with Gasteiger partial charge in [0.1, 0.15) is 0 Å². The summed E-state index contributed by atoms with van der Waals surface area (Å²) in [6.07, 6.45) is 0.858. The third kappa shape index (κ3) is 4.17. The fourth-order valence-corrected chi connectivity index (χ4v) is 2.90. The molecule has 0 aliphatic carbocycles. The SMILES string of the molecule is Cc1ccc(C(=O)NCCCn2nc(C)cc2C)c(Br)c1. The van der Waals surface area contributed by atoms with E-state index in [2.05, 4.69) is 32.4 Å². The minimum Gasteiger partial charge on any atom is -0.352 e. The summed E-state index contributed by atoms with van der Waals surface area (Å²) >= 11 is 3.43. The fourth-order valence-electron chi connectivity index (χ4n) is 2.23. The molecule has 2 rings (SSSR count). The average molecular weight is 350 g/mol. The summed E-state index contributed by atoms with van der Waals surface area (Å²) < 4.78 is 2.81. The Balaban J connectivity index is 1.83. The maximum atomic E-state index is 12.1. The molecule has 0 saturated carbocycles. The third-order valence-electron chi connectivity index (χ3n) is 3.30. The highest BCUT2D eigenvalue weighted by molar-refractivity contribution is 9.10. The highest BCUT2D eigenvalue weighted by atomic mass is 79.9. The zero-order valence-corrected chi connectivity index (χ0v) is 14.2. The minimum absolute atomic E-state index is 0.0461. The molecule has 5 heteroatoms. The molecule has 0 unspecified atom stereocenters. The molecule has 0 fully saturated rings. The van der Waals surface area contributed by atoms with E-state index >= 15 is 0 Å². The molecule has 1 amide bonds. The molecule has 0 aliphatic rings. The van der Waals surface area contributed by atoms with Crippen molar-refractivity contribution in [3.8, 4) is 0 Å². The van der Waals surface area contributed by atoms with Gasteiger partial charge in [-0.3, -0.25) is 9.48 Å². The van der Waals surface area contributed by atoms with Gasteiger partial charge in [0.25, 0.3) is 5.91 Å². The molecular weight excluding hydrogens is 330 g/mol. The van der Waals surface area contributed by atoms with Crippen LogP contribution in [0, 0.1) is 20.8 Å². The number of rotatable bonds is 5. The van der Waals surface area contributed by atoms with Crippen LogP contribution in [0.5, 0.6) is 0 Å². The number of amides is 1. The van der Waals surface area contributed by atoms with Gasteiger partial charge in [-0.05, 0) is 66.9 Å². The Labute approximate surface area is 133 Å². The van der Waals surface area contributed by atoms with E-state index in [9.17, 15) is 4.79 Å². The second kappa shape index (κ2) is 6.89. The lowest BCUT2D eigenvalue weighted by Crippen LogP contribution is -2.25. The molecule has 112 valence electrons. The van der Waals surface area contributed by atoms with E-state index in [4.69, 9.17) is 0 Å². The zero-order chi connectivity index (χ0) is 15.4. The number of nitrogens with zero attached hydrogens (tertiary/aromatic N) is 2. The molecular formula is C16H20BrN3O. The van der Waals surface area contributed by atoms with Gasteiger partial charge in [-0.2, -0.15) is 5.10 Å². The number of hydrogen-bond donors (Lipinski definition) is 1. The van der Waals surface area contributed by atoms with Gasteiger partial charge in [0.05, 0.1) is 11.3 Å². The van der Waals surface area contributed by atoms with Crippen molar-refractivity contribution < 1.29 is 4.79 Å². The quantitative estimate of drug-likeness (QED) is 0.841. The fraction of sp³-hybridized carbons (Fsp3) is 0.375. The van der Waals surface area contributed by atoms with E-state index < -0.39 is 0 Å². The van der Waals surface area contributed by atoms with Gasteiger partial charge < -0.3 is 5.32 Å². The Morgan fingerprint density at radius 3 is 2.67 bits per heavy atom. The van der Waals surface area contributed by atoms with Crippen molar-refractivity contribution in [1.82, 2.24) is 15.1 Å². The van der Waals surface area contributed by atoms with Crippen molar-refractivity contribution in [2.45, 2.75) is 33.7 Å². The number of carbonyl (C=O) groups is 1.